The Balaban J connectivity index is 1.33. The molecule has 0 amide bonds. The third-order valence-corrected chi connectivity index (χ3v) is 14.6. The van der Waals surface area contributed by atoms with Gasteiger partial charge in [0.25, 0.3) is 0 Å². The van der Waals surface area contributed by atoms with Crippen molar-refractivity contribution in [2.75, 3.05) is 0 Å². The second-order valence-corrected chi connectivity index (χ2v) is 17.1. The molecule has 0 spiro atoms. The Hall–Kier alpha value is -3.90. The van der Waals surface area contributed by atoms with Crippen molar-refractivity contribution in [3.8, 4) is 0 Å². The van der Waals surface area contributed by atoms with E-state index in [1.54, 1.807) is 0 Å². The zero-order valence-electron chi connectivity index (χ0n) is 24.6. The number of hydrogen-bond acceptors (Lipinski definition) is 4. The minimum absolute atomic E-state index is 0.183. The van der Waals surface area contributed by atoms with Gasteiger partial charge in [-0.2, -0.15) is 0 Å². The van der Waals surface area contributed by atoms with Crippen LogP contribution in [-0.4, -0.2) is 33.2 Å². The number of allylic oxidation sites excluding steroid dienone is 11. The summed E-state index contributed by atoms with van der Waals surface area (Å²) in [6, 6.07) is 40.0. The standard InChI is InChI=1S/C39H29ClO4Se2/c41-40(42,43)44-46-38(34-22-12-4-13-23-34)28-31(29-39(46)35-24-14-5-15-25-35)17-7-1-6-16-30-26-36(32-18-8-2-9-19-32)45-37(27-30)33-20-10-3-11-21-33/h1-29H/b6-1+,17-7+. The molecule has 0 aromatic heterocycles. The van der Waals surface area contributed by atoms with Gasteiger partial charge in [-0.25, -0.2) is 0 Å². The summed E-state index contributed by atoms with van der Waals surface area (Å²) in [5.74, 6) is 0. The Morgan fingerprint density at radius 1 is 0.543 bits per heavy atom. The van der Waals surface area contributed by atoms with Gasteiger partial charge in [-0.1, -0.05) is 0 Å². The van der Waals surface area contributed by atoms with Gasteiger partial charge in [0.05, 0.1) is 0 Å². The van der Waals surface area contributed by atoms with E-state index in [4.69, 9.17) is 3.37 Å². The average molecular weight is 755 g/mol. The topological polar surface area (TPSA) is 78.4 Å². The third-order valence-electron chi connectivity index (χ3n) is 6.98. The predicted molar refractivity (Wildman–Crippen MR) is 181 cm³/mol. The van der Waals surface area contributed by atoms with Crippen LogP contribution in [0.2, 0.25) is 0 Å². The molecular weight excluding hydrogens is 726 g/mol. The summed E-state index contributed by atoms with van der Waals surface area (Å²) in [5.41, 5.74) is 6.12. The van der Waals surface area contributed by atoms with E-state index in [-0.39, 0.29) is 15.0 Å². The van der Waals surface area contributed by atoms with Crippen molar-refractivity contribution in [2.24, 2.45) is 0 Å². The molecule has 7 heteroatoms. The van der Waals surface area contributed by atoms with Gasteiger partial charge in [0.2, 0.25) is 0 Å². The van der Waals surface area contributed by atoms with Gasteiger partial charge >= 0.3 is 284 Å². The summed E-state index contributed by atoms with van der Waals surface area (Å²) in [6.07, 6.45) is 18.4. The maximum atomic E-state index is 11.8. The number of benzene rings is 4. The Kier molecular flexibility index (Phi) is 10.5. The molecule has 1 atom stereocenters. The van der Waals surface area contributed by atoms with E-state index < -0.39 is 24.0 Å². The average Bonchev–Trinajstić information content (AvgIpc) is 3.09. The van der Waals surface area contributed by atoms with Crippen LogP contribution in [0.1, 0.15) is 22.3 Å². The van der Waals surface area contributed by atoms with Crippen LogP contribution >= 0.6 is 0 Å². The first-order valence-corrected chi connectivity index (χ1v) is 19.8. The van der Waals surface area contributed by atoms with Gasteiger partial charge in [-0.05, 0) is 0 Å². The molecule has 0 saturated carbocycles. The monoisotopic (exact) mass is 756 g/mol. The fourth-order valence-electron chi connectivity index (χ4n) is 4.90. The SMILES string of the molecule is [O-][Cl+3]([O-])([O-])O[Se]1=C(c2ccccc2)C=C(/C=C/C=C/C=C2C=C(c3ccccc3)[Se]C(c3ccccc3)=C2)C=C1c1ccccc1. The molecule has 0 radical (unpaired) electrons. The quantitative estimate of drug-likeness (QED) is 0.176. The molecule has 1 unspecified atom stereocenters. The Morgan fingerprint density at radius 3 is 1.57 bits per heavy atom. The van der Waals surface area contributed by atoms with E-state index in [1.807, 2.05) is 109 Å². The van der Waals surface area contributed by atoms with Gasteiger partial charge in [0, 0.05) is 0 Å². The third kappa shape index (κ3) is 8.46. The van der Waals surface area contributed by atoms with Crippen molar-refractivity contribution in [3.63, 3.8) is 0 Å². The Bertz CT molecular complexity index is 1880. The molecule has 0 saturated heterocycles. The van der Waals surface area contributed by atoms with Crippen LogP contribution in [0.25, 0.3) is 13.4 Å². The predicted octanol–water partition coefficient (Wildman–Crippen LogP) is 5.10. The van der Waals surface area contributed by atoms with Crippen molar-refractivity contribution in [1.29, 1.82) is 0 Å². The van der Waals surface area contributed by atoms with Gasteiger partial charge < -0.3 is 0 Å². The molecule has 2 aliphatic heterocycles. The second kappa shape index (κ2) is 15.1. The van der Waals surface area contributed by atoms with Gasteiger partial charge in [0.15, 0.2) is 0 Å². The molecule has 46 heavy (non-hydrogen) atoms. The van der Waals surface area contributed by atoms with Crippen LogP contribution in [0, 0.1) is 10.2 Å². The molecule has 2 aliphatic rings. The normalized spacial score (nSPS) is 17.1. The van der Waals surface area contributed by atoms with E-state index in [0.717, 1.165) is 22.3 Å². The first kappa shape index (κ1) is 32.1. The van der Waals surface area contributed by atoms with Crippen molar-refractivity contribution in [1.82, 2.24) is 0 Å². The zero-order valence-corrected chi connectivity index (χ0v) is 28.8. The van der Waals surface area contributed by atoms with E-state index in [2.05, 4.69) is 66.8 Å². The Morgan fingerprint density at radius 2 is 1.04 bits per heavy atom. The van der Waals surface area contributed by atoms with Crippen LogP contribution in [-0.2, 0) is 3.37 Å². The second-order valence-electron chi connectivity index (χ2n) is 10.2. The maximum absolute atomic E-state index is 11.8. The van der Waals surface area contributed by atoms with Crippen LogP contribution < -0.4 is 14.0 Å². The molecule has 4 nitrogen and oxygen atoms in total. The summed E-state index contributed by atoms with van der Waals surface area (Å²) in [6.45, 7) is 0. The van der Waals surface area contributed by atoms with Gasteiger partial charge in [-0.15, -0.1) is 0 Å². The van der Waals surface area contributed by atoms with Crippen LogP contribution in [0.15, 0.2) is 187 Å². The summed E-state index contributed by atoms with van der Waals surface area (Å²) >= 11 is -2.53. The van der Waals surface area contributed by atoms with E-state index in [9.17, 15) is 14.0 Å². The zero-order chi connectivity index (χ0) is 31.8. The summed E-state index contributed by atoms with van der Waals surface area (Å²) in [5, 5.41) is 0. The van der Waals surface area contributed by atoms with Crippen LogP contribution in [0.5, 0.6) is 0 Å². The molecule has 2 heterocycles. The first-order valence-electron chi connectivity index (χ1n) is 14.5. The molecule has 0 bridgehead atoms. The van der Waals surface area contributed by atoms with Crippen molar-refractivity contribution in [3.05, 3.63) is 209 Å². The van der Waals surface area contributed by atoms with Crippen molar-refractivity contribution < 1.29 is 27.6 Å². The fourth-order valence-corrected chi connectivity index (χ4v) is 12.4. The minimum atomic E-state index is -4.62. The fraction of sp³-hybridized carbons (Fsp3) is 0. The van der Waals surface area contributed by atoms with E-state index >= 15 is 0 Å². The van der Waals surface area contributed by atoms with E-state index in [1.165, 1.54) is 20.1 Å². The number of rotatable bonds is 9. The molecule has 0 fully saturated rings. The molecule has 4 aromatic rings. The van der Waals surface area contributed by atoms with Gasteiger partial charge in [-0.3, -0.25) is 0 Å². The summed E-state index contributed by atoms with van der Waals surface area (Å²) in [7, 11) is -4.62. The summed E-state index contributed by atoms with van der Waals surface area (Å²) < 4.78 is 44.9. The molecule has 0 N–H and O–H groups in total. The first-order chi connectivity index (χ1) is 22.4. The molecular formula is C39H29ClO4Se2. The Labute approximate surface area is 282 Å². The van der Waals surface area contributed by atoms with Crippen molar-refractivity contribution in [2.45, 2.75) is 0 Å². The van der Waals surface area contributed by atoms with E-state index in [0.29, 0.717) is 8.89 Å². The molecule has 4 aromatic carbocycles. The van der Waals surface area contributed by atoms with Crippen LogP contribution in [0.3, 0.4) is 0 Å². The molecule has 228 valence electrons. The molecule has 0 aliphatic carbocycles. The van der Waals surface area contributed by atoms with Gasteiger partial charge in [0.1, 0.15) is 0 Å². The number of halogens is 1. The number of hydrogen-bond donors (Lipinski definition) is 0. The summed E-state index contributed by atoms with van der Waals surface area (Å²) in [4.78, 5) is 0. The molecule has 6 rings (SSSR count). The van der Waals surface area contributed by atoms with Crippen molar-refractivity contribution >= 4 is 46.6 Å². The van der Waals surface area contributed by atoms with Crippen LogP contribution in [0.4, 0.5) is 0 Å².